The molecule has 128 valence electrons. The van der Waals surface area contributed by atoms with Crippen LogP contribution < -0.4 is 9.13 Å². The molecule has 0 atom stereocenters. The topological polar surface area (TPSA) is 97.9 Å². The SMILES string of the molecule is C=Cn1cc[n+](C)c1C.C=Cn1cc[n+](C)c1C.O=S(=O)([O-])[O-]. The van der Waals surface area contributed by atoms with Crippen molar-refractivity contribution in [1.82, 2.24) is 9.13 Å². The van der Waals surface area contributed by atoms with E-state index in [1.807, 2.05) is 71.0 Å². The maximum Gasteiger partial charge on any atom is 0.257 e. The average Bonchev–Trinajstić information content (AvgIpc) is 2.93. The molecule has 0 saturated heterocycles. The molecule has 0 saturated carbocycles. The smallest absolute Gasteiger partial charge is 0.257 e. The lowest BCUT2D eigenvalue weighted by molar-refractivity contribution is -0.677. The van der Waals surface area contributed by atoms with Crippen molar-refractivity contribution < 1.29 is 26.7 Å². The monoisotopic (exact) mass is 342 g/mol. The molecule has 8 nitrogen and oxygen atoms in total. The predicted molar refractivity (Wildman–Crippen MR) is 83.9 cm³/mol. The van der Waals surface area contributed by atoms with Gasteiger partial charge in [-0.25, -0.2) is 18.3 Å². The minimum Gasteiger partial charge on any atom is -0.759 e. The molecule has 23 heavy (non-hydrogen) atoms. The second-order valence-electron chi connectivity index (χ2n) is 4.50. The zero-order chi connectivity index (χ0) is 18.2. The van der Waals surface area contributed by atoms with E-state index >= 15 is 0 Å². The molecular formula is C14H22N4O4S. The molecule has 0 aromatic carbocycles. The maximum atomic E-state index is 8.52. The lowest BCUT2D eigenvalue weighted by atomic mass is 10.7. The minimum atomic E-state index is -5.17. The summed E-state index contributed by atoms with van der Waals surface area (Å²) >= 11 is 0. The Morgan fingerprint density at radius 1 is 0.957 bits per heavy atom. The van der Waals surface area contributed by atoms with Gasteiger partial charge in [0.25, 0.3) is 11.6 Å². The lowest BCUT2D eigenvalue weighted by Crippen LogP contribution is -2.28. The summed E-state index contributed by atoms with van der Waals surface area (Å²) in [7, 11) is -1.15. The number of imidazole rings is 2. The Bertz CT molecular complexity index is 702. The Labute approximate surface area is 136 Å². The van der Waals surface area contributed by atoms with Gasteiger partial charge in [0.05, 0.1) is 26.5 Å². The number of aryl methyl sites for hydroxylation is 2. The average molecular weight is 342 g/mol. The largest absolute Gasteiger partial charge is 0.759 e. The summed E-state index contributed by atoms with van der Waals surface area (Å²) in [6.07, 6.45) is 11.5. The number of rotatable bonds is 2. The Hall–Kier alpha value is -2.23. The van der Waals surface area contributed by atoms with Gasteiger partial charge in [0.2, 0.25) is 0 Å². The quantitative estimate of drug-likeness (QED) is 0.439. The third-order valence-electron chi connectivity index (χ3n) is 3.06. The predicted octanol–water partition coefficient (Wildman–Crippen LogP) is 0.105. The van der Waals surface area contributed by atoms with Gasteiger partial charge in [-0.05, 0) is 0 Å². The highest BCUT2D eigenvalue weighted by molar-refractivity contribution is 7.79. The Kier molecular flexibility index (Phi) is 8.16. The fourth-order valence-electron chi connectivity index (χ4n) is 1.53. The summed E-state index contributed by atoms with van der Waals surface area (Å²) in [5, 5.41) is 0. The molecule has 0 aliphatic heterocycles. The van der Waals surface area contributed by atoms with Crippen molar-refractivity contribution in [2.24, 2.45) is 14.1 Å². The van der Waals surface area contributed by atoms with E-state index < -0.39 is 10.4 Å². The molecule has 2 heterocycles. The van der Waals surface area contributed by atoms with Crippen LogP contribution in [0.3, 0.4) is 0 Å². The molecule has 0 amide bonds. The molecule has 0 spiro atoms. The van der Waals surface area contributed by atoms with Crippen LogP contribution in [0.2, 0.25) is 0 Å². The number of hydrogen-bond acceptors (Lipinski definition) is 4. The van der Waals surface area contributed by atoms with Crippen LogP contribution in [0.25, 0.3) is 12.4 Å². The van der Waals surface area contributed by atoms with Gasteiger partial charge in [-0.3, -0.25) is 8.42 Å². The molecule has 0 fully saturated rings. The van der Waals surface area contributed by atoms with Gasteiger partial charge in [0, 0.05) is 24.2 Å². The van der Waals surface area contributed by atoms with Gasteiger partial charge in [-0.1, -0.05) is 13.2 Å². The maximum absolute atomic E-state index is 8.52. The van der Waals surface area contributed by atoms with Crippen LogP contribution in [0, 0.1) is 13.8 Å². The van der Waals surface area contributed by atoms with E-state index in [1.165, 1.54) is 11.6 Å². The molecule has 0 radical (unpaired) electrons. The highest BCUT2D eigenvalue weighted by Crippen LogP contribution is 1.90. The van der Waals surface area contributed by atoms with Crippen LogP contribution in [0.15, 0.2) is 37.9 Å². The van der Waals surface area contributed by atoms with Gasteiger partial charge in [-0.2, -0.15) is 0 Å². The van der Waals surface area contributed by atoms with Gasteiger partial charge in [-0.15, -0.1) is 0 Å². The summed E-state index contributed by atoms with van der Waals surface area (Å²) in [6, 6.07) is 0. The summed E-state index contributed by atoms with van der Waals surface area (Å²) < 4.78 is 42.1. The van der Waals surface area contributed by atoms with Crippen LogP contribution >= 0.6 is 0 Å². The van der Waals surface area contributed by atoms with Crippen LogP contribution in [0.4, 0.5) is 0 Å². The molecular weight excluding hydrogens is 320 g/mol. The second kappa shape index (κ2) is 9.03. The van der Waals surface area contributed by atoms with Gasteiger partial charge >= 0.3 is 0 Å². The van der Waals surface area contributed by atoms with E-state index in [-0.39, 0.29) is 0 Å². The van der Waals surface area contributed by atoms with Crippen molar-refractivity contribution in [2.45, 2.75) is 13.8 Å². The molecule has 2 aromatic rings. The number of nitrogens with zero attached hydrogens (tertiary/aromatic N) is 4. The molecule has 0 aliphatic carbocycles. The van der Waals surface area contributed by atoms with E-state index in [1.54, 1.807) is 12.4 Å². The van der Waals surface area contributed by atoms with E-state index in [9.17, 15) is 0 Å². The second-order valence-corrected chi connectivity index (χ2v) is 5.32. The van der Waals surface area contributed by atoms with E-state index in [4.69, 9.17) is 17.5 Å². The first-order valence-electron chi connectivity index (χ1n) is 6.49. The standard InChI is InChI=1S/2C7H11N2.H2O4S/c2*1-4-9-6-5-8(3)7(9)2;1-5(2,3)4/h2*4-6H,1H2,2-3H3;(H2,1,2,3,4)/q2*+1;/p-2. The van der Waals surface area contributed by atoms with Crippen molar-refractivity contribution in [3.05, 3.63) is 49.6 Å². The Balaban J connectivity index is 0.000000332. The molecule has 0 bridgehead atoms. The highest BCUT2D eigenvalue weighted by Gasteiger charge is 2.03. The van der Waals surface area contributed by atoms with E-state index in [0.29, 0.717) is 0 Å². The van der Waals surface area contributed by atoms with Gasteiger partial charge in [0.15, 0.2) is 0 Å². The van der Waals surface area contributed by atoms with Gasteiger partial charge in [0.1, 0.15) is 24.8 Å². The normalized spacial score (nSPS) is 10.0. The summed E-state index contributed by atoms with van der Waals surface area (Å²) in [5.41, 5.74) is 0. The third kappa shape index (κ3) is 8.10. The van der Waals surface area contributed by atoms with Crippen molar-refractivity contribution >= 4 is 22.8 Å². The third-order valence-corrected chi connectivity index (χ3v) is 3.06. The molecule has 9 heteroatoms. The first-order chi connectivity index (χ1) is 10.5. The Morgan fingerprint density at radius 3 is 1.30 bits per heavy atom. The number of aromatic nitrogens is 4. The van der Waals surface area contributed by atoms with E-state index in [2.05, 4.69) is 13.2 Å². The van der Waals surface area contributed by atoms with Crippen molar-refractivity contribution in [1.29, 1.82) is 0 Å². The summed E-state index contributed by atoms with van der Waals surface area (Å²) in [6.45, 7) is 11.4. The summed E-state index contributed by atoms with van der Waals surface area (Å²) in [5.74, 6) is 2.37. The van der Waals surface area contributed by atoms with Crippen LogP contribution in [-0.2, 0) is 24.5 Å². The first kappa shape index (κ1) is 20.8. The molecule has 0 aliphatic rings. The molecule has 0 unspecified atom stereocenters. The molecule has 2 aromatic heterocycles. The van der Waals surface area contributed by atoms with Gasteiger partial charge < -0.3 is 9.11 Å². The van der Waals surface area contributed by atoms with Crippen LogP contribution in [0.1, 0.15) is 11.6 Å². The van der Waals surface area contributed by atoms with Crippen LogP contribution in [0.5, 0.6) is 0 Å². The fourth-order valence-corrected chi connectivity index (χ4v) is 1.53. The first-order valence-corrected chi connectivity index (χ1v) is 7.82. The minimum absolute atomic E-state index is 1.19. The number of hydrogen-bond donors (Lipinski definition) is 0. The molecule has 2 rings (SSSR count). The fraction of sp³-hybridized carbons (Fsp3) is 0.286. The Morgan fingerprint density at radius 2 is 1.22 bits per heavy atom. The lowest BCUT2D eigenvalue weighted by Gasteiger charge is -2.06. The highest BCUT2D eigenvalue weighted by atomic mass is 32.3. The summed E-state index contributed by atoms with van der Waals surface area (Å²) in [4.78, 5) is 0. The zero-order valence-electron chi connectivity index (χ0n) is 13.7. The van der Waals surface area contributed by atoms with E-state index in [0.717, 1.165) is 0 Å². The molecule has 0 N–H and O–H groups in total. The zero-order valence-corrected chi connectivity index (χ0v) is 14.5. The van der Waals surface area contributed by atoms with Crippen LogP contribution in [-0.4, -0.2) is 26.7 Å². The van der Waals surface area contributed by atoms with Crippen molar-refractivity contribution in [2.75, 3.05) is 0 Å². The van der Waals surface area contributed by atoms with Crippen molar-refractivity contribution in [3.8, 4) is 0 Å². The van der Waals surface area contributed by atoms with Crippen molar-refractivity contribution in [3.63, 3.8) is 0 Å².